The van der Waals surface area contributed by atoms with Gasteiger partial charge < -0.3 is 14.8 Å². The number of nitrogens with zero attached hydrogens (tertiary/aromatic N) is 1. The number of imide groups is 1. The molecule has 1 aliphatic heterocycles. The summed E-state index contributed by atoms with van der Waals surface area (Å²) in [5.41, 5.74) is 3.23. The number of aryl methyl sites for hydroxylation is 1. The van der Waals surface area contributed by atoms with Gasteiger partial charge in [-0.3, -0.25) is 19.3 Å². The van der Waals surface area contributed by atoms with Crippen molar-refractivity contribution in [3.63, 3.8) is 0 Å². The molecule has 0 atom stereocenters. The van der Waals surface area contributed by atoms with Crippen LogP contribution in [-0.4, -0.2) is 42.7 Å². The first-order valence-corrected chi connectivity index (χ1v) is 9.99. The number of hydrogen-bond acceptors (Lipinski definition) is 6. The Balaban J connectivity index is 1.77. The number of nitrogens with one attached hydrogen (secondary N) is 1. The Kier molecular flexibility index (Phi) is 6.47. The molecule has 1 fully saturated rings. The molecule has 0 bridgehead atoms. The Hall–Kier alpha value is -3.26. The van der Waals surface area contributed by atoms with Crippen LogP contribution >= 0.6 is 11.8 Å². The van der Waals surface area contributed by atoms with Crippen molar-refractivity contribution >= 4 is 40.6 Å². The summed E-state index contributed by atoms with van der Waals surface area (Å²) in [6, 6.07) is 10.7. The number of methoxy groups -OCH3 is 2. The third-order valence-corrected chi connectivity index (χ3v) is 5.68. The molecule has 8 heteroatoms. The van der Waals surface area contributed by atoms with Gasteiger partial charge in [-0.05, 0) is 67.1 Å². The molecule has 3 rings (SSSR count). The number of carbonyl (C=O) groups is 3. The van der Waals surface area contributed by atoms with E-state index in [1.54, 1.807) is 30.3 Å². The maximum atomic E-state index is 12.7. The predicted molar refractivity (Wildman–Crippen MR) is 117 cm³/mol. The topological polar surface area (TPSA) is 84.9 Å². The van der Waals surface area contributed by atoms with Gasteiger partial charge in [0, 0.05) is 11.3 Å². The molecule has 1 N–H and O–H groups in total. The van der Waals surface area contributed by atoms with E-state index in [2.05, 4.69) is 5.32 Å². The van der Waals surface area contributed by atoms with Gasteiger partial charge in [-0.1, -0.05) is 12.1 Å². The maximum Gasteiger partial charge on any atom is 0.294 e. The van der Waals surface area contributed by atoms with E-state index in [1.807, 2.05) is 26.0 Å². The van der Waals surface area contributed by atoms with E-state index < -0.39 is 17.1 Å². The van der Waals surface area contributed by atoms with E-state index in [-0.39, 0.29) is 11.4 Å². The smallest absolute Gasteiger partial charge is 0.294 e. The number of carbonyl (C=O) groups excluding carboxylic acids is 3. The molecule has 0 aliphatic carbocycles. The van der Waals surface area contributed by atoms with Gasteiger partial charge in [-0.25, -0.2) is 0 Å². The quantitative estimate of drug-likeness (QED) is 0.703. The number of rotatable bonds is 6. The number of anilines is 1. The van der Waals surface area contributed by atoms with Crippen molar-refractivity contribution in [3.05, 3.63) is 58.0 Å². The van der Waals surface area contributed by atoms with Gasteiger partial charge in [0.05, 0.1) is 19.1 Å². The van der Waals surface area contributed by atoms with E-state index in [0.717, 1.165) is 27.8 Å². The molecule has 3 amide bonds. The normalized spacial score (nSPS) is 14.9. The maximum absolute atomic E-state index is 12.7. The SMILES string of the molecule is COc1ccc(OC)c(/C=C2/SC(=O)N(CC(=O)Nc3cccc(C)c3C)C2=O)c1. The standard InChI is InChI=1S/C22H22N2O5S/c1-13-6-5-7-17(14(13)2)23-20(25)12-24-21(26)19(30-22(24)27)11-15-10-16(28-3)8-9-18(15)29-4/h5-11H,12H2,1-4H3,(H,23,25)/b19-11+. The van der Waals surface area contributed by atoms with Gasteiger partial charge in [-0.2, -0.15) is 0 Å². The Morgan fingerprint density at radius 3 is 2.60 bits per heavy atom. The Bertz CT molecular complexity index is 1050. The third kappa shape index (κ3) is 4.49. The van der Waals surface area contributed by atoms with Crippen LogP contribution in [0, 0.1) is 13.8 Å². The molecule has 30 heavy (non-hydrogen) atoms. The zero-order valence-corrected chi connectivity index (χ0v) is 18.0. The van der Waals surface area contributed by atoms with Crippen LogP contribution in [0.25, 0.3) is 6.08 Å². The van der Waals surface area contributed by atoms with Crippen LogP contribution in [0.2, 0.25) is 0 Å². The summed E-state index contributed by atoms with van der Waals surface area (Å²) in [5.74, 6) is 0.168. The summed E-state index contributed by atoms with van der Waals surface area (Å²) >= 11 is 0.785. The number of hydrogen-bond donors (Lipinski definition) is 1. The molecule has 1 aliphatic rings. The highest BCUT2D eigenvalue weighted by atomic mass is 32.2. The van der Waals surface area contributed by atoms with Crippen LogP contribution in [0.4, 0.5) is 10.5 Å². The molecule has 7 nitrogen and oxygen atoms in total. The summed E-state index contributed by atoms with van der Waals surface area (Å²) in [4.78, 5) is 38.7. The zero-order chi connectivity index (χ0) is 21.8. The van der Waals surface area contributed by atoms with Gasteiger partial charge in [0.1, 0.15) is 18.0 Å². The molecule has 156 valence electrons. The lowest BCUT2D eigenvalue weighted by atomic mass is 10.1. The predicted octanol–water partition coefficient (Wildman–Crippen LogP) is 4.00. The van der Waals surface area contributed by atoms with Crippen molar-refractivity contribution in [2.24, 2.45) is 0 Å². The Morgan fingerprint density at radius 2 is 1.90 bits per heavy atom. The van der Waals surface area contributed by atoms with Crippen molar-refractivity contribution in [2.75, 3.05) is 26.1 Å². The van der Waals surface area contributed by atoms with Crippen LogP contribution in [0.5, 0.6) is 11.5 Å². The van der Waals surface area contributed by atoms with Gasteiger partial charge >= 0.3 is 0 Å². The second-order valence-electron chi connectivity index (χ2n) is 6.67. The van der Waals surface area contributed by atoms with E-state index in [0.29, 0.717) is 22.7 Å². The van der Waals surface area contributed by atoms with Crippen molar-refractivity contribution in [3.8, 4) is 11.5 Å². The Labute approximate surface area is 179 Å². The highest BCUT2D eigenvalue weighted by Gasteiger charge is 2.36. The second-order valence-corrected chi connectivity index (χ2v) is 7.66. The fraction of sp³-hybridized carbons (Fsp3) is 0.227. The van der Waals surface area contributed by atoms with E-state index in [1.165, 1.54) is 14.2 Å². The minimum absolute atomic E-state index is 0.214. The van der Waals surface area contributed by atoms with E-state index in [4.69, 9.17) is 9.47 Å². The minimum atomic E-state index is -0.522. The van der Waals surface area contributed by atoms with E-state index >= 15 is 0 Å². The summed E-state index contributed by atoms with van der Waals surface area (Å²) in [7, 11) is 3.05. The summed E-state index contributed by atoms with van der Waals surface area (Å²) < 4.78 is 10.5. The van der Waals surface area contributed by atoms with Crippen molar-refractivity contribution in [1.29, 1.82) is 0 Å². The van der Waals surface area contributed by atoms with Crippen LogP contribution in [0.1, 0.15) is 16.7 Å². The molecule has 0 radical (unpaired) electrons. The van der Waals surface area contributed by atoms with E-state index in [9.17, 15) is 14.4 Å². The molecule has 1 heterocycles. The largest absolute Gasteiger partial charge is 0.497 e. The number of thioether (sulfide) groups is 1. The van der Waals surface area contributed by atoms with Gasteiger partial charge in [-0.15, -0.1) is 0 Å². The first kappa shape index (κ1) is 21.4. The zero-order valence-electron chi connectivity index (χ0n) is 17.1. The monoisotopic (exact) mass is 426 g/mol. The Morgan fingerprint density at radius 1 is 1.13 bits per heavy atom. The molecule has 0 saturated carbocycles. The van der Waals surface area contributed by atoms with Crippen molar-refractivity contribution in [1.82, 2.24) is 4.90 Å². The third-order valence-electron chi connectivity index (χ3n) is 4.78. The lowest BCUT2D eigenvalue weighted by Gasteiger charge is -2.14. The number of amides is 3. The fourth-order valence-electron chi connectivity index (χ4n) is 2.95. The molecule has 0 aromatic heterocycles. The van der Waals surface area contributed by atoms with Gasteiger partial charge in [0.2, 0.25) is 5.91 Å². The molecular formula is C22H22N2O5S. The van der Waals surface area contributed by atoms with Crippen molar-refractivity contribution < 1.29 is 23.9 Å². The lowest BCUT2D eigenvalue weighted by molar-refractivity contribution is -0.127. The molecule has 0 spiro atoms. The van der Waals surface area contributed by atoms with Crippen LogP contribution in [0.15, 0.2) is 41.3 Å². The fourth-order valence-corrected chi connectivity index (χ4v) is 3.78. The highest BCUT2D eigenvalue weighted by molar-refractivity contribution is 8.18. The molecular weight excluding hydrogens is 404 g/mol. The van der Waals surface area contributed by atoms with Crippen molar-refractivity contribution in [2.45, 2.75) is 13.8 Å². The lowest BCUT2D eigenvalue weighted by Crippen LogP contribution is -2.36. The summed E-state index contributed by atoms with van der Waals surface area (Å²) in [5, 5.41) is 2.27. The second kappa shape index (κ2) is 9.04. The molecule has 0 unspecified atom stereocenters. The number of ether oxygens (including phenoxy) is 2. The van der Waals surface area contributed by atoms with Gasteiger partial charge in [0.15, 0.2) is 0 Å². The highest BCUT2D eigenvalue weighted by Crippen LogP contribution is 2.35. The number of benzene rings is 2. The average molecular weight is 426 g/mol. The van der Waals surface area contributed by atoms with Crippen LogP contribution < -0.4 is 14.8 Å². The van der Waals surface area contributed by atoms with Crippen LogP contribution in [-0.2, 0) is 9.59 Å². The van der Waals surface area contributed by atoms with Gasteiger partial charge in [0.25, 0.3) is 11.1 Å². The summed E-state index contributed by atoms with van der Waals surface area (Å²) in [6.45, 7) is 3.49. The average Bonchev–Trinajstić information content (AvgIpc) is 2.98. The molecule has 2 aromatic rings. The van der Waals surface area contributed by atoms with Crippen LogP contribution in [0.3, 0.4) is 0 Å². The molecule has 1 saturated heterocycles. The first-order chi connectivity index (χ1) is 14.3. The molecule has 2 aromatic carbocycles. The first-order valence-electron chi connectivity index (χ1n) is 9.17. The minimum Gasteiger partial charge on any atom is -0.497 e. The summed E-state index contributed by atoms with van der Waals surface area (Å²) in [6.07, 6.45) is 1.56.